The van der Waals surface area contributed by atoms with E-state index >= 15 is 0 Å². The Morgan fingerprint density at radius 3 is 3.00 bits per heavy atom. The molecule has 0 bridgehead atoms. The van der Waals surface area contributed by atoms with Crippen molar-refractivity contribution in [3.05, 3.63) is 17.5 Å². The van der Waals surface area contributed by atoms with E-state index in [-0.39, 0.29) is 0 Å². The fraction of sp³-hybridized carbons (Fsp3) is 0.583. The van der Waals surface area contributed by atoms with E-state index < -0.39 is 0 Å². The van der Waals surface area contributed by atoms with Crippen molar-refractivity contribution in [2.45, 2.75) is 25.7 Å². The predicted octanol–water partition coefficient (Wildman–Crippen LogP) is 2.40. The van der Waals surface area contributed by atoms with E-state index in [1.165, 1.54) is 32.0 Å². The third-order valence-corrected chi connectivity index (χ3v) is 3.79. The highest BCUT2D eigenvalue weighted by atomic mass is 35.5. The Hall–Kier alpha value is -1.36. The minimum absolute atomic E-state index is 0.462. The number of hydrogen-bond acceptors (Lipinski definition) is 4. The van der Waals surface area contributed by atoms with Gasteiger partial charge < -0.3 is 4.90 Å². The summed E-state index contributed by atoms with van der Waals surface area (Å²) in [6.07, 6.45) is 6.86. The van der Waals surface area contributed by atoms with E-state index in [9.17, 15) is 0 Å². The van der Waals surface area contributed by atoms with Crippen molar-refractivity contribution in [3.8, 4) is 0 Å². The molecule has 6 heteroatoms. The molecule has 2 heterocycles. The van der Waals surface area contributed by atoms with Crippen molar-refractivity contribution in [1.29, 1.82) is 0 Å². The van der Waals surface area contributed by atoms with Gasteiger partial charge in [0.05, 0.1) is 0 Å². The van der Waals surface area contributed by atoms with Crippen LogP contribution in [0.2, 0.25) is 5.15 Å². The molecule has 18 heavy (non-hydrogen) atoms. The van der Waals surface area contributed by atoms with Gasteiger partial charge in [0.25, 0.3) is 5.78 Å². The van der Waals surface area contributed by atoms with Crippen LogP contribution < -0.4 is 4.90 Å². The Bertz CT molecular complexity index is 546. The standard InChI is InChI=1S/C12H16ClN5/c1-17(7-9-4-2-3-5-9)11-6-10(13)16-12-14-8-15-18(11)12/h6,8-9H,2-5,7H2,1H3. The highest BCUT2D eigenvalue weighted by Crippen LogP contribution is 2.27. The van der Waals surface area contributed by atoms with Gasteiger partial charge in [0.1, 0.15) is 17.3 Å². The van der Waals surface area contributed by atoms with E-state index in [0.29, 0.717) is 10.9 Å². The molecule has 1 saturated carbocycles. The van der Waals surface area contributed by atoms with Gasteiger partial charge in [-0.2, -0.15) is 19.6 Å². The number of halogens is 1. The fourth-order valence-corrected chi connectivity index (χ4v) is 2.89. The average Bonchev–Trinajstić information content (AvgIpc) is 2.97. The molecule has 0 saturated heterocycles. The molecule has 0 N–H and O–H groups in total. The summed E-state index contributed by atoms with van der Waals surface area (Å²) >= 11 is 6.02. The number of nitrogens with zero attached hydrogens (tertiary/aromatic N) is 5. The van der Waals surface area contributed by atoms with Gasteiger partial charge in [-0.1, -0.05) is 24.4 Å². The fourth-order valence-electron chi connectivity index (χ4n) is 2.71. The second-order valence-corrected chi connectivity index (χ2v) is 5.33. The van der Waals surface area contributed by atoms with E-state index in [4.69, 9.17) is 11.6 Å². The largest absolute Gasteiger partial charge is 0.359 e. The van der Waals surface area contributed by atoms with Gasteiger partial charge in [-0.05, 0) is 18.8 Å². The first-order chi connectivity index (χ1) is 8.74. The van der Waals surface area contributed by atoms with Crippen molar-refractivity contribution >= 4 is 23.2 Å². The second-order valence-electron chi connectivity index (χ2n) is 4.94. The lowest BCUT2D eigenvalue weighted by atomic mass is 10.1. The molecule has 96 valence electrons. The molecule has 2 aromatic heterocycles. The zero-order valence-electron chi connectivity index (χ0n) is 10.4. The van der Waals surface area contributed by atoms with Gasteiger partial charge in [0.15, 0.2) is 0 Å². The zero-order valence-corrected chi connectivity index (χ0v) is 11.1. The molecule has 2 aromatic rings. The molecule has 0 amide bonds. The van der Waals surface area contributed by atoms with Gasteiger partial charge in [-0.25, -0.2) is 0 Å². The normalized spacial score (nSPS) is 16.6. The molecule has 0 aliphatic heterocycles. The molecule has 0 radical (unpaired) electrons. The first kappa shape index (κ1) is 11.7. The summed E-state index contributed by atoms with van der Waals surface area (Å²) in [5, 5.41) is 4.66. The maximum atomic E-state index is 6.02. The van der Waals surface area contributed by atoms with E-state index in [0.717, 1.165) is 18.3 Å². The number of hydrogen-bond donors (Lipinski definition) is 0. The maximum Gasteiger partial charge on any atom is 0.255 e. The molecule has 0 unspecified atom stereocenters. The molecule has 1 aliphatic rings. The summed E-state index contributed by atoms with van der Waals surface area (Å²) in [6, 6.07) is 1.85. The third kappa shape index (κ3) is 2.14. The summed E-state index contributed by atoms with van der Waals surface area (Å²) in [4.78, 5) is 10.4. The smallest absolute Gasteiger partial charge is 0.255 e. The average molecular weight is 266 g/mol. The lowest BCUT2D eigenvalue weighted by Gasteiger charge is -2.23. The summed E-state index contributed by atoms with van der Waals surface area (Å²) in [5.41, 5.74) is 0. The quantitative estimate of drug-likeness (QED) is 0.800. The first-order valence-electron chi connectivity index (χ1n) is 6.31. The molecule has 0 spiro atoms. The first-order valence-corrected chi connectivity index (χ1v) is 6.69. The molecular formula is C12H16ClN5. The van der Waals surface area contributed by atoms with Crippen molar-refractivity contribution < 1.29 is 0 Å². The van der Waals surface area contributed by atoms with E-state index in [1.807, 2.05) is 6.07 Å². The number of fused-ring (bicyclic) bond motifs is 1. The van der Waals surface area contributed by atoms with Gasteiger partial charge in [-0.3, -0.25) is 0 Å². The maximum absolute atomic E-state index is 6.02. The van der Waals surface area contributed by atoms with Gasteiger partial charge in [0, 0.05) is 19.7 Å². The van der Waals surface area contributed by atoms with Crippen LogP contribution in [0.25, 0.3) is 5.78 Å². The van der Waals surface area contributed by atoms with Gasteiger partial charge in [0.2, 0.25) is 0 Å². The Kier molecular flexibility index (Phi) is 3.07. The lowest BCUT2D eigenvalue weighted by Crippen LogP contribution is -2.26. The summed E-state index contributed by atoms with van der Waals surface area (Å²) in [5.74, 6) is 2.28. The Morgan fingerprint density at radius 1 is 1.44 bits per heavy atom. The Labute approximate surface area is 111 Å². The van der Waals surface area contributed by atoms with Crippen LogP contribution >= 0.6 is 11.6 Å². The highest BCUT2D eigenvalue weighted by Gasteiger charge is 2.19. The van der Waals surface area contributed by atoms with Crippen LogP contribution in [0.15, 0.2) is 12.4 Å². The molecule has 3 rings (SSSR count). The topological polar surface area (TPSA) is 46.3 Å². The van der Waals surface area contributed by atoms with Crippen molar-refractivity contribution in [2.75, 3.05) is 18.5 Å². The zero-order chi connectivity index (χ0) is 12.5. The predicted molar refractivity (Wildman–Crippen MR) is 71.0 cm³/mol. The van der Waals surface area contributed by atoms with E-state index in [2.05, 4.69) is 27.0 Å². The number of rotatable bonds is 3. The molecule has 1 fully saturated rings. The van der Waals surface area contributed by atoms with Gasteiger partial charge in [-0.15, -0.1) is 0 Å². The van der Waals surface area contributed by atoms with Crippen LogP contribution in [0, 0.1) is 5.92 Å². The van der Waals surface area contributed by atoms with E-state index in [1.54, 1.807) is 4.52 Å². The number of anilines is 1. The Balaban J connectivity index is 1.89. The third-order valence-electron chi connectivity index (χ3n) is 3.60. The van der Waals surface area contributed by atoms with Crippen LogP contribution in [0.5, 0.6) is 0 Å². The highest BCUT2D eigenvalue weighted by molar-refractivity contribution is 6.29. The van der Waals surface area contributed by atoms with Crippen molar-refractivity contribution in [1.82, 2.24) is 19.6 Å². The monoisotopic (exact) mass is 265 g/mol. The SMILES string of the molecule is CN(CC1CCCC1)c1cc(Cl)nc2ncnn12. The van der Waals surface area contributed by atoms with Crippen LogP contribution in [-0.4, -0.2) is 33.2 Å². The second kappa shape index (κ2) is 4.72. The van der Waals surface area contributed by atoms with Crippen molar-refractivity contribution in [3.63, 3.8) is 0 Å². The lowest BCUT2D eigenvalue weighted by molar-refractivity contribution is 0.542. The summed E-state index contributed by atoms with van der Waals surface area (Å²) in [7, 11) is 2.07. The summed E-state index contributed by atoms with van der Waals surface area (Å²) < 4.78 is 1.74. The molecule has 0 aromatic carbocycles. The molecule has 1 aliphatic carbocycles. The van der Waals surface area contributed by atoms with Crippen LogP contribution in [0.3, 0.4) is 0 Å². The minimum atomic E-state index is 0.462. The summed E-state index contributed by atoms with van der Waals surface area (Å²) in [6.45, 7) is 1.04. The molecule has 0 atom stereocenters. The minimum Gasteiger partial charge on any atom is -0.359 e. The van der Waals surface area contributed by atoms with Gasteiger partial charge >= 0.3 is 0 Å². The van der Waals surface area contributed by atoms with Crippen LogP contribution in [0.4, 0.5) is 5.82 Å². The van der Waals surface area contributed by atoms with Crippen LogP contribution in [0.1, 0.15) is 25.7 Å². The molecular weight excluding hydrogens is 250 g/mol. The Morgan fingerprint density at radius 2 is 2.22 bits per heavy atom. The van der Waals surface area contributed by atoms with Crippen LogP contribution in [-0.2, 0) is 0 Å². The number of aromatic nitrogens is 4. The van der Waals surface area contributed by atoms with Crippen molar-refractivity contribution in [2.24, 2.45) is 5.92 Å². The molecule has 5 nitrogen and oxygen atoms in total.